The SMILES string of the molecule is NC(=O)CC[C@H](NC(=O)[C@@H](Cc1c[nH]c2ccccc12)n1c(=O)[nH]c2ccccc2c1=O)C(=O)O. The number of fused-ring (bicyclic) bond motifs is 2. The topological polar surface area (TPSA) is 180 Å². The molecular weight excluding hydrogens is 454 g/mol. The molecule has 11 heteroatoms. The van der Waals surface area contributed by atoms with Crippen molar-refractivity contribution in [3.8, 4) is 0 Å². The fraction of sp³-hybridized carbons (Fsp3) is 0.208. The van der Waals surface area contributed by atoms with Crippen molar-refractivity contribution in [1.29, 1.82) is 0 Å². The molecule has 180 valence electrons. The summed E-state index contributed by atoms with van der Waals surface area (Å²) in [4.78, 5) is 68.2. The van der Waals surface area contributed by atoms with Gasteiger partial charge in [-0.05, 0) is 30.2 Å². The number of carboxylic acids is 1. The second kappa shape index (κ2) is 9.67. The number of carboxylic acid groups (broad SMARTS) is 1. The predicted molar refractivity (Wildman–Crippen MR) is 128 cm³/mol. The van der Waals surface area contributed by atoms with E-state index >= 15 is 0 Å². The summed E-state index contributed by atoms with van der Waals surface area (Å²) in [6, 6.07) is 10.9. The minimum absolute atomic E-state index is 0.0701. The summed E-state index contributed by atoms with van der Waals surface area (Å²) in [5.74, 6) is -2.94. The standard InChI is InChI=1S/C24H23N5O6/c25-20(30)10-9-18(23(33)34)27-21(31)19(11-13-12-26-16-7-3-1-5-14(13)16)29-22(32)15-6-2-4-8-17(15)28-24(29)35/h1-8,12,18-19,26H,9-11H2,(H2,25,30)(H,27,31)(H,28,35)(H,33,34)/t18-,19+/m0/s1. The molecule has 4 aromatic rings. The molecule has 2 amide bonds. The van der Waals surface area contributed by atoms with Crippen molar-refractivity contribution < 1.29 is 19.5 Å². The fourth-order valence-corrected chi connectivity index (χ4v) is 4.08. The van der Waals surface area contributed by atoms with E-state index in [0.29, 0.717) is 11.1 Å². The van der Waals surface area contributed by atoms with E-state index in [0.717, 1.165) is 15.5 Å². The molecule has 2 heterocycles. The van der Waals surface area contributed by atoms with Crippen LogP contribution in [0.15, 0.2) is 64.3 Å². The maximum atomic E-state index is 13.4. The Labute approximate surface area is 197 Å². The molecule has 6 N–H and O–H groups in total. The summed E-state index contributed by atoms with van der Waals surface area (Å²) in [7, 11) is 0. The van der Waals surface area contributed by atoms with Gasteiger partial charge in [-0.15, -0.1) is 0 Å². The first-order valence-electron chi connectivity index (χ1n) is 10.9. The second-order valence-corrected chi connectivity index (χ2v) is 8.13. The van der Waals surface area contributed by atoms with Crippen molar-refractivity contribution in [3.63, 3.8) is 0 Å². The number of aromatic nitrogens is 3. The largest absolute Gasteiger partial charge is 0.480 e. The Kier molecular flexibility index (Phi) is 6.49. The molecule has 0 aliphatic heterocycles. The molecule has 0 aliphatic carbocycles. The molecular formula is C24H23N5O6. The van der Waals surface area contributed by atoms with E-state index in [2.05, 4.69) is 15.3 Å². The average molecular weight is 477 g/mol. The number of nitrogens with zero attached hydrogens (tertiary/aromatic N) is 1. The minimum atomic E-state index is -1.43. The molecule has 2 aromatic carbocycles. The van der Waals surface area contributed by atoms with Crippen LogP contribution in [0.2, 0.25) is 0 Å². The number of carbonyl (C=O) groups is 3. The van der Waals surface area contributed by atoms with Gasteiger partial charge < -0.3 is 26.1 Å². The zero-order chi connectivity index (χ0) is 25.1. The molecule has 0 spiro atoms. The summed E-state index contributed by atoms with van der Waals surface area (Å²) in [6.07, 6.45) is 1.10. The first-order chi connectivity index (χ1) is 16.8. The summed E-state index contributed by atoms with van der Waals surface area (Å²) >= 11 is 0. The Hall–Kier alpha value is -4.67. The Bertz CT molecular complexity index is 1550. The quantitative estimate of drug-likeness (QED) is 0.238. The van der Waals surface area contributed by atoms with Crippen LogP contribution in [0.25, 0.3) is 21.8 Å². The molecule has 4 rings (SSSR count). The number of para-hydroxylation sites is 2. The van der Waals surface area contributed by atoms with Crippen LogP contribution in [0.1, 0.15) is 24.4 Å². The van der Waals surface area contributed by atoms with Crippen molar-refractivity contribution in [2.75, 3.05) is 0 Å². The van der Waals surface area contributed by atoms with Crippen LogP contribution in [-0.2, 0) is 20.8 Å². The van der Waals surface area contributed by atoms with Gasteiger partial charge in [-0.1, -0.05) is 30.3 Å². The summed E-state index contributed by atoms with van der Waals surface area (Å²) < 4.78 is 0.798. The first kappa shape index (κ1) is 23.5. The normalized spacial score (nSPS) is 12.9. The molecule has 2 aromatic heterocycles. The second-order valence-electron chi connectivity index (χ2n) is 8.13. The number of carbonyl (C=O) groups excluding carboxylic acids is 2. The van der Waals surface area contributed by atoms with Crippen molar-refractivity contribution >= 4 is 39.6 Å². The van der Waals surface area contributed by atoms with Crippen molar-refractivity contribution in [2.45, 2.75) is 31.3 Å². The van der Waals surface area contributed by atoms with Crippen LogP contribution in [0.4, 0.5) is 0 Å². The highest BCUT2D eigenvalue weighted by atomic mass is 16.4. The van der Waals surface area contributed by atoms with Crippen LogP contribution in [0, 0.1) is 0 Å². The number of H-pyrrole nitrogens is 2. The van der Waals surface area contributed by atoms with Crippen molar-refractivity contribution in [2.24, 2.45) is 5.73 Å². The van der Waals surface area contributed by atoms with E-state index in [-0.39, 0.29) is 24.6 Å². The zero-order valence-electron chi connectivity index (χ0n) is 18.5. The van der Waals surface area contributed by atoms with Gasteiger partial charge in [0.2, 0.25) is 11.8 Å². The van der Waals surface area contributed by atoms with Gasteiger partial charge in [-0.25, -0.2) is 14.2 Å². The van der Waals surface area contributed by atoms with Crippen LogP contribution < -0.4 is 22.3 Å². The molecule has 0 fully saturated rings. The lowest BCUT2D eigenvalue weighted by Gasteiger charge is -2.21. The van der Waals surface area contributed by atoms with E-state index in [1.54, 1.807) is 24.4 Å². The van der Waals surface area contributed by atoms with Crippen LogP contribution in [0.3, 0.4) is 0 Å². The molecule has 35 heavy (non-hydrogen) atoms. The van der Waals surface area contributed by atoms with E-state index in [4.69, 9.17) is 5.73 Å². The monoisotopic (exact) mass is 477 g/mol. The Morgan fingerprint density at radius 3 is 2.34 bits per heavy atom. The number of rotatable bonds is 9. The van der Waals surface area contributed by atoms with Crippen LogP contribution in [0.5, 0.6) is 0 Å². The van der Waals surface area contributed by atoms with Gasteiger partial charge in [-0.2, -0.15) is 0 Å². The zero-order valence-corrected chi connectivity index (χ0v) is 18.5. The number of aromatic amines is 2. The lowest BCUT2D eigenvalue weighted by molar-refractivity contribution is -0.142. The highest BCUT2D eigenvalue weighted by molar-refractivity contribution is 5.88. The summed E-state index contributed by atoms with van der Waals surface area (Å²) in [5.41, 5.74) is 5.39. The maximum Gasteiger partial charge on any atom is 0.329 e. The minimum Gasteiger partial charge on any atom is -0.480 e. The van der Waals surface area contributed by atoms with E-state index < -0.39 is 41.1 Å². The maximum absolute atomic E-state index is 13.4. The third-order valence-electron chi connectivity index (χ3n) is 5.83. The number of amides is 2. The molecule has 0 saturated carbocycles. The number of hydrogen-bond donors (Lipinski definition) is 5. The lowest BCUT2D eigenvalue weighted by atomic mass is 10.0. The van der Waals surface area contributed by atoms with E-state index in [1.165, 1.54) is 6.07 Å². The van der Waals surface area contributed by atoms with Gasteiger partial charge in [0.05, 0.1) is 10.9 Å². The molecule has 0 aliphatic rings. The smallest absolute Gasteiger partial charge is 0.329 e. The molecule has 11 nitrogen and oxygen atoms in total. The molecule has 0 saturated heterocycles. The number of benzene rings is 2. The number of hydrogen-bond acceptors (Lipinski definition) is 5. The van der Waals surface area contributed by atoms with Crippen LogP contribution >= 0.6 is 0 Å². The van der Waals surface area contributed by atoms with Crippen LogP contribution in [-0.4, -0.2) is 43.5 Å². The molecule has 0 bridgehead atoms. The lowest BCUT2D eigenvalue weighted by Crippen LogP contribution is -2.49. The van der Waals surface area contributed by atoms with Crippen molar-refractivity contribution in [1.82, 2.24) is 19.9 Å². The third-order valence-corrected chi connectivity index (χ3v) is 5.83. The van der Waals surface area contributed by atoms with Gasteiger partial charge in [0.15, 0.2) is 0 Å². The average Bonchev–Trinajstić information content (AvgIpc) is 3.23. The fourth-order valence-electron chi connectivity index (χ4n) is 4.08. The third kappa shape index (κ3) is 4.83. The number of aliphatic carboxylic acids is 1. The highest BCUT2D eigenvalue weighted by Gasteiger charge is 2.30. The predicted octanol–water partition coefficient (Wildman–Crippen LogP) is 0.790. The molecule has 0 radical (unpaired) electrons. The Morgan fingerprint density at radius 1 is 1.00 bits per heavy atom. The first-order valence-corrected chi connectivity index (χ1v) is 10.9. The van der Waals surface area contributed by atoms with Gasteiger partial charge in [0.25, 0.3) is 5.56 Å². The van der Waals surface area contributed by atoms with Gasteiger partial charge in [-0.3, -0.25) is 14.4 Å². The van der Waals surface area contributed by atoms with Gasteiger partial charge in [0, 0.05) is 29.9 Å². The highest BCUT2D eigenvalue weighted by Crippen LogP contribution is 2.22. The van der Waals surface area contributed by atoms with Crippen molar-refractivity contribution in [3.05, 3.63) is 81.1 Å². The molecule has 2 atom stereocenters. The van der Waals surface area contributed by atoms with Gasteiger partial charge >= 0.3 is 11.7 Å². The summed E-state index contributed by atoms with van der Waals surface area (Å²) in [5, 5.41) is 12.9. The van der Waals surface area contributed by atoms with E-state index in [1.807, 2.05) is 24.3 Å². The summed E-state index contributed by atoms with van der Waals surface area (Å²) in [6.45, 7) is 0. The van der Waals surface area contributed by atoms with E-state index in [9.17, 15) is 29.1 Å². The molecule has 0 unspecified atom stereocenters. The Morgan fingerprint density at radius 2 is 1.66 bits per heavy atom. The number of nitrogens with one attached hydrogen (secondary N) is 3. The number of primary amides is 1. The number of nitrogens with two attached hydrogens (primary N) is 1. The van der Waals surface area contributed by atoms with Gasteiger partial charge in [0.1, 0.15) is 12.1 Å². The Balaban J connectivity index is 1.80.